The van der Waals surface area contributed by atoms with Gasteiger partial charge >= 0.3 is 0 Å². The maximum absolute atomic E-state index is 10.4. The Morgan fingerprint density at radius 2 is 2.20 bits per heavy atom. The van der Waals surface area contributed by atoms with Crippen molar-refractivity contribution in [2.24, 2.45) is 0 Å². The van der Waals surface area contributed by atoms with Crippen LogP contribution in [-0.4, -0.2) is 19.2 Å². The lowest BCUT2D eigenvalue weighted by atomic mass is 10.2. The molecule has 3 heteroatoms. The summed E-state index contributed by atoms with van der Waals surface area (Å²) in [5, 5.41) is 0. The summed E-state index contributed by atoms with van der Waals surface area (Å²) in [6, 6.07) is 9.85. The van der Waals surface area contributed by atoms with Gasteiger partial charge in [0.1, 0.15) is 6.29 Å². The molecule has 0 unspecified atom stereocenters. The first kappa shape index (κ1) is 10.1. The number of carbonyl (C=O) groups is 1. The fourth-order valence-electron chi connectivity index (χ4n) is 1.37. The summed E-state index contributed by atoms with van der Waals surface area (Å²) in [5.74, 6) is 0. The van der Waals surface area contributed by atoms with E-state index in [2.05, 4.69) is 0 Å². The molecular formula is C12H12O3. The van der Waals surface area contributed by atoms with E-state index >= 15 is 0 Å². The Balaban J connectivity index is 1.85. The van der Waals surface area contributed by atoms with E-state index in [0.29, 0.717) is 18.8 Å². The van der Waals surface area contributed by atoms with Crippen molar-refractivity contribution < 1.29 is 14.3 Å². The monoisotopic (exact) mass is 204 g/mol. The number of aldehydes is 1. The van der Waals surface area contributed by atoms with Crippen LogP contribution >= 0.6 is 0 Å². The number of benzene rings is 1. The highest BCUT2D eigenvalue weighted by atomic mass is 16.7. The molecule has 78 valence electrons. The molecule has 0 bridgehead atoms. The molecule has 0 spiro atoms. The molecule has 0 radical (unpaired) electrons. The first-order valence-electron chi connectivity index (χ1n) is 4.81. The molecule has 1 aliphatic heterocycles. The second-order valence-electron chi connectivity index (χ2n) is 3.34. The second-order valence-corrected chi connectivity index (χ2v) is 3.34. The Morgan fingerprint density at radius 3 is 2.87 bits per heavy atom. The Hall–Kier alpha value is -1.45. The molecule has 0 fully saturated rings. The van der Waals surface area contributed by atoms with E-state index in [0.717, 1.165) is 11.8 Å². The van der Waals surface area contributed by atoms with Crippen LogP contribution < -0.4 is 0 Å². The Kier molecular flexibility index (Phi) is 3.27. The summed E-state index contributed by atoms with van der Waals surface area (Å²) in [6.07, 6.45) is 2.12. The van der Waals surface area contributed by atoms with Crippen LogP contribution in [0.2, 0.25) is 0 Å². The molecule has 1 aliphatic rings. The first-order valence-corrected chi connectivity index (χ1v) is 4.81. The van der Waals surface area contributed by atoms with Crippen molar-refractivity contribution in [2.75, 3.05) is 6.61 Å². The minimum Gasteiger partial charge on any atom is -0.344 e. The van der Waals surface area contributed by atoms with E-state index in [9.17, 15) is 4.79 Å². The van der Waals surface area contributed by atoms with Gasteiger partial charge in [0, 0.05) is 5.57 Å². The standard InChI is InChI=1S/C12H12O3/c13-7-11-6-12(15-9-11)14-8-10-4-2-1-3-5-10/h1-7,12H,8-9H2/t12-/m0/s1. The highest BCUT2D eigenvalue weighted by molar-refractivity contribution is 5.74. The minimum absolute atomic E-state index is 0.350. The summed E-state index contributed by atoms with van der Waals surface area (Å²) >= 11 is 0. The van der Waals surface area contributed by atoms with Crippen LogP contribution in [-0.2, 0) is 20.9 Å². The van der Waals surface area contributed by atoms with Gasteiger partial charge in [0.05, 0.1) is 13.2 Å². The zero-order valence-corrected chi connectivity index (χ0v) is 8.26. The van der Waals surface area contributed by atoms with Gasteiger partial charge in [0.2, 0.25) is 0 Å². The molecule has 3 nitrogen and oxygen atoms in total. The van der Waals surface area contributed by atoms with Crippen LogP contribution in [0.1, 0.15) is 5.56 Å². The van der Waals surface area contributed by atoms with Crippen molar-refractivity contribution in [3.05, 3.63) is 47.5 Å². The van der Waals surface area contributed by atoms with Crippen molar-refractivity contribution in [1.82, 2.24) is 0 Å². The number of ether oxygens (including phenoxy) is 2. The third-order valence-corrected chi connectivity index (χ3v) is 2.17. The number of hydrogen-bond acceptors (Lipinski definition) is 3. The molecule has 0 saturated heterocycles. The normalized spacial score (nSPS) is 20.0. The molecule has 0 aromatic heterocycles. The zero-order chi connectivity index (χ0) is 10.5. The zero-order valence-electron chi connectivity index (χ0n) is 8.26. The molecule has 1 atom stereocenters. The summed E-state index contributed by atoms with van der Waals surface area (Å²) in [6.45, 7) is 0.844. The van der Waals surface area contributed by atoms with Crippen molar-refractivity contribution in [1.29, 1.82) is 0 Å². The average Bonchev–Trinajstić information content (AvgIpc) is 2.76. The molecule has 0 aliphatic carbocycles. The lowest BCUT2D eigenvalue weighted by Crippen LogP contribution is -2.09. The Morgan fingerprint density at radius 1 is 1.40 bits per heavy atom. The second kappa shape index (κ2) is 4.87. The van der Waals surface area contributed by atoms with Crippen LogP contribution in [0, 0.1) is 0 Å². The Bertz CT molecular complexity index is 356. The van der Waals surface area contributed by atoms with Crippen LogP contribution in [0.15, 0.2) is 42.0 Å². The predicted octanol–water partition coefficient (Wildman–Crippen LogP) is 1.68. The molecule has 1 aromatic carbocycles. The third kappa shape index (κ3) is 2.75. The maximum Gasteiger partial charge on any atom is 0.178 e. The highest BCUT2D eigenvalue weighted by Gasteiger charge is 2.15. The van der Waals surface area contributed by atoms with Crippen molar-refractivity contribution in [3.63, 3.8) is 0 Å². The molecule has 2 rings (SSSR count). The quantitative estimate of drug-likeness (QED) is 0.700. The summed E-state index contributed by atoms with van der Waals surface area (Å²) in [5.41, 5.74) is 1.74. The average molecular weight is 204 g/mol. The molecule has 1 heterocycles. The van der Waals surface area contributed by atoms with Crippen LogP contribution in [0.3, 0.4) is 0 Å². The van der Waals surface area contributed by atoms with Gasteiger partial charge in [-0.1, -0.05) is 30.3 Å². The fourth-order valence-corrected chi connectivity index (χ4v) is 1.37. The van der Waals surface area contributed by atoms with Gasteiger partial charge in [-0.15, -0.1) is 0 Å². The van der Waals surface area contributed by atoms with Gasteiger partial charge < -0.3 is 9.47 Å². The summed E-state index contributed by atoms with van der Waals surface area (Å²) < 4.78 is 10.7. The van der Waals surface area contributed by atoms with E-state index in [-0.39, 0.29) is 6.29 Å². The topological polar surface area (TPSA) is 35.5 Å². The lowest BCUT2D eigenvalue weighted by Gasteiger charge is -2.09. The summed E-state index contributed by atoms with van der Waals surface area (Å²) in [7, 11) is 0. The van der Waals surface area contributed by atoms with Crippen LogP contribution in [0.4, 0.5) is 0 Å². The lowest BCUT2D eigenvalue weighted by molar-refractivity contribution is -0.107. The third-order valence-electron chi connectivity index (χ3n) is 2.17. The van der Waals surface area contributed by atoms with Crippen molar-refractivity contribution >= 4 is 6.29 Å². The van der Waals surface area contributed by atoms with Gasteiger partial charge in [0.25, 0.3) is 0 Å². The van der Waals surface area contributed by atoms with E-state index in [1.54, 1.807) is 6.08 Å². The highest BCUT2D eigenvalue weighted by Crippen LogP contribution is 2.13. The smallest absolute Gasteiger partial charge is 0.178 e. The fraction of sp³-hybridized carbons (Fsp3) is 0.250. The van der Waals surface area contributed by atoms with E-state index in [4.69, 9.17) is 9.47 Å². The first-order chi connectivity index (χ1) is 7.38. The minimum atomic E-state index is -0.384. The van der Waals surface area contributed by atoms with E-state index < -0.39 is 0 Å². The number of rotatable bonds is 4. The number of carbonyl (C=O) groups excluding carboxylic acids is 1. The Labute approximate surface area is 88.3 Å². The van der Waals surface area contributed by atoms with Gasteiger partial charge in [0.15, 0.2) is 6.29 Å². The maximum atomic E-state index is 10.4. The largest absolute Gasteiger partial charge is 0.344 e. The van der Waals surface area contributed by atoms with Gasteiger partial charge in [-0.3, -0.25) is 4.79 Å². The van der Waals surface area contributed by atoms with Gasteiger partial charge in [-0.25, -0.2) is 0 Å². The van der Waals surface area contributed by atoms with E-state index in [1.807, 2.05) is 30.3 Å². The van der Waals surface area contributed by atoms with Gasteiger partial charge in [-0.05, 0) is 11.6 Å². The van der Waals surface area contributed by atoms with Crippen LogP contribution in [0.25, 0.3) is 0 Å². The molecule has 0 N–H and O–H groups in total. The predicted molar refractivity (Wildman–Crippen MR) is 55.1 cm³/mol. The molecular weight excluding hydrogens is 192 g/mol. The molecule has 0 saturated carbocycles. The van der Waals surface area contributed by atoms with Crippen molar-refractivity contribution in [3.8, 4) is 0 Å². The van der Waals surface area contributed by atoms with Crippen molar-refractivity contribution in [2.45, 2.75) is 12.9 Å². The number of hydrogen-bond donors (Lipinski definition) is 0. The summed E-state index contributed by atoms with van der Waals surface area (Å²) in [4.78, 5) is 10.4. The van der Waals surface area contributed by atoms with E-state index in [1.165, 1.54) is 0 Å². The molecule has 0 amide bonds. The van der Waals surface area contributed by atoms with Gasteiger partial charge in [-0.2, -0.15) is 0 Å². The molecule has 15 heavy (non-hydrogen) atoms. The SMILES string of the molecule is O=CC1=C[C@@H](OCc2ccccc2)OC1. The molecule has 1 aromatic rings. The van der Waals surface area contributed by atoms with Crippen LogP contribution in [0.5, 0.6) is 0 Å².